The minimum absolute atomic E-state index is 0.240. The summed E-state index contributed by atoms with van der Waals surface area (Å²) in [5, 5.41) is 0. The maximum absolute atomic E-state index is 12.6. The topological polar surface area (TPSA) is 95.7 Å². The minimum Gasteiger partial charge on any atom is -0.460 e. The van der Waals surface area contributed by atoms with E-state index in [4.69, 9.17) is 16.0 Å². The van der Waals surface area contributed by atoms with Gasteiger partial charge in [-0.15, -0.1) is 0 Å². The third-order valence-electron chi connectivity index (χ3n) is 3.53. The van der Waals surface area contributed by atoms with E-state index < -0.39 is 39.4 Å². The van der Waals surface area contributed by atoms with Crippen LogP contribution >= 0.6 is 0 Å². The zero-order valence-corrected chi connectivity index (χ0v) is 14.2. The van der Waals surface area contributed by atoms with Gasteiger partial charge in [-0.2, -0.15) is 8.42 Å². The van der Waals surface area contributed by atoms with Crippen molar-refractivity contribution in [2.45, 2.75) is 18.8 Å². The van der Waals surface area contributed by atoms with E-state index in [1.807, 2.05) is 0 Å². The summed E-state index contributed by atoms with van der Waals surface area (Å²) in [4.78, 5) is 12.6. The zero-order chi connectivity index (χ0) is 18.9. The number of ether oxygens (including phenoxy) is 1. The van der Waals surface area contributed by atoms with Crippen molar-refractivity contribution in [2.24, 2.45) is 5.73 Å². The van der Waals surface area contributed by atoms with Crippen molar-refractivity contribution in [3.63, 3.8) is 0 Å². The van der Waals surface area contributed by atoms with Crippen LogP contribution in [-0.2, 0) is 29.6 Å². The lowest BCUT2D eigenvalue weighted by Gasteiger charge is -2.10. The van der Waals surface area contributed by atoms with Crippen LogP contribution in [0.5, 0.6) is 0 Å². The predicted octanol–water partition coefficient (Wildman–Crippen LogP) is 2.31. The average Bonchev–Trinajstić information content (AvgIpc) is 2.79. The van der Waals surface area contributed by atoms with Gasteiger partial charge in [0.1, 0.15) is 5.75 Å². The van der Waals surface area contributed by atoms with Crippen LogP contribution in [0.4, 0.5) is 0 Å². The van der Waals surface area contributed by atoms with Gasteiger partial charge < -0.3 is 14.7 Å². The molecule has 6 nitrogen and oxygen atoms in total. The summed E-state index contributed by atoms with van der Waals surface area (Å²) in [6, 6.07) is 15.0. The number of hydrogen-bond donors (Lipinski definition) is 1. The monoisotopic (exact) mass is 360 g/mol. The van der Waals surface area contributed by atoms with Crippen LogP contribution in [0.15, 0.2) is 66.2 Å². The highest BCUT2D eigenvalue weighted by atomic mass is 32.2. The van der Waals surface area contributed by atoms with Crippen LogP contribution in [0.3, 0.4) is 0 Å². The van der Waals surface area contributed by atoms with Gasteiger partial charge >= 0.3 is 10.1 Å². The first kappa shape index (κ1) is 15.7. The second kappa shape index (κ2) is 6.60. The van der Waals surface area contributed by atoms with Crippen LogP contribution in [-0.4, -0.2) is 14.2 Å². The quantitative estimate of drug-likeness (QED) is 0.822. The number of rotatable bonds is 5. The van der Waals surface area contributed by atoms with E-state index in [1.165, 1.54) is 6.07 Å². The summed E-state index contributed by atoms with van der Waals surface area (Å²) in [6.45, 7) is 1.80. The Morgan fingerprint density at radius 3 is 2.60 bits per heavy atom. The Kier molecular flexibility index (Phi) is 4.15. The van der Waals surface area contributed by atoms with Crippen LogP contribution < -0.4 is 5.73 Å². The smallest absolute Gasteiger partial charge is 0.313 e. The highest BCUT2D eigenvalue weighted by Gasteiger charge is 2.39. The van der Waals surface area contributed by atoms with Gasteiger partial charge in [0, 0.05) is 5.56 Å². The number of ketones is 1. The Morgan fingerprint density at radius 2 is 1.92 bits per heavy atom. The Bertz CT molecular complexity index is 988. The summed E-state index contributed by atoms with van der Waals surface area (Å²) >= 11 is 0. The molecule has 0 amide bonds. The molecule has 1 atom stereocenters. The van der Waals surface area contributed by atoms with Crippen LogP contribution in [0.25, 0.3) is 0 Å². The number of aryl methyl sites for hydroxylation is 1. The Morgan fingerprint density at radius 1 is 1.20 bits per heavy atom. The molecule has 130 valence electrons. The minimum atomic E-state index is -4.15. The molecule has 2 N–H and O–H groups in total. The molecule has 0 aromatic heterocycles. The molecule has 3 rings (SSSR count). The lowest BCUT2D eigenvalue weighted by molar-refractivity contribution is -0.123. The highest BCUT2D eigenvalue weighted by molar-refractivity contribution is 7.86. The van der Waals surface area contributed by atoms with Gasteiger partial charge in [0.2, 0.25) is 17.4 Å². The van der Waals surface area contributed by atoms with Gasteiger partial charge in [-0.3, -0.25) is 4.79 Å². The van der Waals surface area contributed by atoms with Gasteiger partial charge in [-0.1, -0.05) is 60.2 Å². The lowest BCUT2D eigenvalue weighted by atomic mass is 10.0. The summed E-state index contributed by atoms with van der Waals surface area (Å²) in [7, 11) is -4.15. The SMILES string of the molecule is [2H]C1(c2cccc(C)c2)OC(N)=C(OS(=O)(=O)Cc2ccccc2)C1=O. The molecule has 0 spiro atoms. The maximum atomic E-state index is 12.6. The van der Waals surface area contributed by atoms with E-state index >= 15 is 0 Å². The molecule has 1 unspecified atom stereocenters. The molecule has 25 heavy (non-hydrogen) atoms. The second-order valence-corrected chi connectivity index (χ2v) is 7.16. The number of carbonyl (C=O) groups is 1. The zero-order valence-electron chi connectivity index (χ0n) is 14.4. The van der Waals surface area contributed by atoms with Crippen molar-refractivity contribution in [2.75, 3.05) is 0 Å². The average molecular weight is 360 g/mol. The molecule has 0 aliphatic carbocycles. The summed E-state index contributed by atoms with van der Waals surface area (Å²) in [5.74, 6) is -2.59. The normalized spacial score (nSPS) is 21.0. The van der Waals surface area contributed by atoms with E-state index in [0.717, 1.165) is 5.56 Å². The standard InChI is InChI=1S/C18H17NO5S/c1-12-6-5-9-14(10-12)16-15(20)17(18(19)23-16)24-25(21,22)11-13-7-3-2-4-8-13/h2-10,16H,11,19H2,1H3/i16D. The molecule has 0 saturated heterocycles. The number of nitrogens with two attached hydrogens (primary N) is 1. The molecule has 2 aromatic carbocycles. The van der Waals surface area contributed by atoms with Crippen molar-refractivity contribution >= 4 is 15.9 Å². The number of Topliss-reactive ketones (excluding diaryl/α,β-unsaturated/α-hetero) is 1. The van der Waals surface area contributed by atoms with Crippen LogP contribution in [0.1, 0.15) is 24.1 Å². The van der Waals surface area contributed by atoms with Crippen molar-refractivity contribution in [3.05, 3.63) is 82.9 Å². The highest BCUT2D eigenvalue weighted by Crippen LogP contribution is 2.33. The molecule has 1 aliphatic rings. The van der Waals surface area contributed by atoms with Gasteiger partial charge in [0.05, 0.1) is 1.37 Å². The van der Waals surface area contributed by atoms with Crippen LogP contribution in [0, 0.1) is 6.92 Å². The first-order valence-electron chi connectivity index (χ1n) is 7.98. The third-order valence-corrected chi connectivity index (χ3v) is 4.63. The molecule has 7 heteroatoms. The Labute approximate surface area is 147 Å². The first-order valence-corrected chi connectivity index (χ1v) is 9.06. The van der Waals surface area contributed by atoms with E-state index in [2.05, 4.69) is 0 Å². The van der Waals surface area contributed by atoms with E-state index in [1.54, 1.807) is 55.5 Å². The second-order valence-electron chi connectivity index (χ2n) is 5.59. The Hall–Kier alpha value is -2.80. The largest absolute Gasteiger partial charge is 0.460 e. The van der Waals surface area contributed by atoms with Gasteiger partial charge in [-0.05, 0) is 12.5 Å². The predicted molar refractivity (Wildman–Crippen MR) is 91.4 cm³/mol. The first-order chi connectivity index (χ1) is 12.2. The van der Waals surface area contributed by atoms with E-state index in [9.17, 15) is 13.2 Å². The number of carbonyl (C=O) groups excluding carboxylic acids is 1. The molecule has 2 aromatic rings. The van der Waals surface area contributed by atoms with Gasteiger partial charge in [0.25, 0.3) is 0 Å². The lowest BCUT2D eigenvalue weighted by Crippen LogP contribution is -2.16. The fourth-order valence-electron chi connectivity index (χ4n) is 2.41. The maximum Gasteiger partial charge on any atom is 0.313 e. The molecular weight excluding hydrogens is 342 g/mol. The summed E-state index contributed by atoms with van der Waals surface area (Å²) in [5.41, 5.74) is 7.20. The van der Waals surface area contributed by atoms with Crippen molar-refractivity contribution < 1.29 is 23.5 Å². The van der Waals surface area contributed by atoms with E-state index in [0.29, 0.717) is 5.56 Å². The third kappa shape index (κ3) is 3.83. The van der Waals surface area contributed by atoms with Crippen molar-refractivity contribution in [1.29, 1.82) is 0 Å². The molecular formula is C18H17NO5S. The summed E-state index contributed by atoms with van der Waals surface area (Å²) in [6.07, 6.45) is -2.17. The number of benzene rings is 2. The molecule has 1 heterocycles. The van der Waals surface area contributed by atoms with Crippen molar-refractivity contribution in [1.82, 2.24) is 0 Å². The Balaban J connectivity index is 1.85. The fourth-order valence-corrected chi connectivity index (χ4v) is 3.48. The van der Waals surface area contributed by atoms with Crippen molar-refractivity contribution in [3.8, 4) is 0 Å². The molecule has 0 saturated carbocycles. The van der Waals surface area contributed by atoms with Gasteiger partial charge in [0.15, 0.2) is 6.08 Å². The van der Waals surface area contributed by atoms with Gasteiger partial charge in [-0.25, -0.2) is 0 Å². The van der Waals surface area contributed by atoms with Crippen LogP contribution in [0.2, 0.25) is 0 Å². The molecule has 0 fully saturated rings. The molecule has 1 aliphatic heterocycles. The molecule has 0 radical (unpaired) electrons. The summed E-state index contributed by atoms with van der Waals surface area (Å²) < 4.78 is 43.0. The van der Waals surface area contributed by atoms with E-state index in [-0.39, 0.29) is 5.56 Å². The molecule has 0 bridgehead atoms. The fraction of sp³-hybridized carbons (Fsp3) is 0.167. The number of hydrogen-bond acceptors (Lipinski definition) is 6.